The van der Waals surface area contributed by atoms with Crippen LogP contribution >= 0.6 is 0 Å². The molecule has 0 aliphatic rings. The molecule has 0 amide bonds. The molecule has 0 saturated carbocycles. The summed E-state index contributed by atoms with van der Waals surface area (Å²) in [6, 6.07) is 0. The molecule has 0 aliphatic carbocycles. The first-order valence-electron chi connectivity index (χ1n) is 3.23. The van der Waals surface area contributed by atoms with Crippen LogP contribution in [0.3, 0.4) is 0 Å². The van der Waals surface area contributed by atoms with Crippen molar-refractivity contribution in [3.05, 3.63) is 0 Å². The average molecular weight is 166 g/mol. The number of hydrogen-bond donors (Lipinski definition) is 2. The molecule has 0 heterocycles. The highest BCUT2D eigenvalue weighted by molar-refractivity contribution is 7.85. The molecule has 3 nitrogen and oxygen atoms in total. The Balaban J connectivity index is 3.44. The molecular weight excluding hydrogens is 152 g/mol. The second-order valence-electron chi connectivity index (χ2n) is 2.47. The van der Waals surface area contributed by atoms with Gasteiger partial charge >= 0.3 is 0 Å². The number of aliphatic hydroxyl groups is 2. The van der Waals surface area contributed by atoms with E-state index in [2.05, 4.69) is 0 Å². The van der Waals surface area contributed by atoms with Crippen LogP contribution in [0, 0.1) is 0 Å². The van der Waals surface area contributed by atoms with Crippen molar-refractivity contribution in [2.75, 3.05) is 11.5 Å². The maximum atomic E-state index is 10.9. The number of rotatable bonds is 4. The van der Waals surface area contributed by atoms with E-state index in [1.54, 1.807) is 13.8 Å². The zero-order chi connectivity index (χ0) is 8.15. The Hall–Kier alpha value is 0.0700. The molecule has 0 aliphatic heterocycles. The Morgan fingerprint density at radius 2 is 1.50 bits per heavy atom. The van der Waals surface area contributed by atoms with Crippen molar-refractivity contribution in [3.8, 4) is 0 Å². The predicted octanol–water partition coefficient (Wildman–Crippen LogP) is -0.503. The molecule has 0 spiro atoms. The summed E-state index contributed by atoms with van der Waals surface area (Å²) < 4.78 is 10.9. The van der Waals surface area contributed by atoms with Crippen LogP contribution in [0.15, 0.2) is 0 Å². The fraction of sp³-hybridized carbons (Fsp3) is 1.00. The molecular formula is C6H14O3S. The van der Waals surface area contributed by atoms with Crippen molar-refractivity contribution in [1.29, 1.82) is 0 Å². The maximum absolute atomic E-state index is 10.9. The van der Waals surface area contributed by atoms with Crippen molar-refractivity contribution in [2.24, 2.45) is 0 Å². The minimum Gasteiger partial charge on any atom is -0.392 e. The van der Waals surface area contributed by atoms with Crippen molar-refractivity contribution >= 4 is 10.8 Å². The lowest BCUT2D eigenvalue weighted by Crippen LogP contribution is -2.20. The second-order valence-corrected chi connectivity index (χ2v) is 4.02. The molecule has 2 N–H and O–H groups in total. The average Bonchev–Trinajstić information content (AvgIpc) is 1.58. The van der Waals surface area contributed by atoms with E-state index in [0.29, 0.717) is 0 Å². The molecule has 4 heteroatoms. The lowest BCUT2D eigenvalue weighted by molar-refractivity contribution is 0.213. The third-order valence-corrected chi connectivity index (χ3v) is 2.56. The molecule has 0 bridgehead atoms. The third kappa shape index (κ3) is 6.19. The molecule has 2 atom stereocenters. The van der Waals surface area contributed by atoms with Crippen LogP contribution in [0.2, 0.25) is 0 Å². The molecule has 0 aromatic rings. The molecule has 0 aromatic carbocycles. The van der Waals surface area contributed by atoms with Crippen molar-refractivity contribution in [3.63, 3.8) is 0 Å². The Bertz CT molecular complexity index is 99.6. The summed E-state index contributed by atoms with van der Waals surface area (Å²) in [5.41, 5.74) is 0. The van der Waals surface area contributed by atoms with Crippen LogP contribution in [0.25, 0.3) is 0 Å². The van der Waals surface area contributed by atoms with Crippen molar-refractivity contribution in [2.45, 2.75) is 26.1 Å². The summed E-state index contributed by atoms with van der Waals surface area (Å²) in [4.78, 5) is 0. The van der Waals surface area contributed by atoms with Gasteiger partial charge < -0.3 is 10.2 Å². The van der Waals surface area contributed by atoms with Crippen LogP contribution < -0.4 is 0 Å². The molecule has 0 fully saturated rings. The fourth-order valence-corrected chi connectivity index (χ4v) is 1.82. The quantitative estimate of drug-likeness (QED) is 0.592. The van der Waals surface area contributed by atoms with Gasteiger partial charge in [-0.15, -0.1) is 0 Å². The van der Waals surface area contributed by atoms with Gasteiger partial charge in [0.2, 0.25) is 0 Å². The Kier molecular flexibility index (Phi) is 4.85. The zero-order valence-electron chi connectivity index (χ0n) is 6.28. The van der Waals surface area contributed by atoms with Gasteiger partial charge in [0.25, 0.3) is 0 Å². The van der Waals surface area contributed by atoms with Crippen LogP contribution in [-0.2, 0) is 10.8 Å². The van der Waals surface area contributed by atoms with Gasteiger partial charge in [-0.1, -0.05) is 0 Å². The maximum Gasteiger partial charge on any atom is 0.0627 e. The van der Waals surface area contributed by atoms with E-state index >= 15 is 0 Å². The minimum absolute atomic E-state index is 0.255. The molecule has 0 saturated heterocycles. The van der Waals surface area contributed by atoms with Crippen LogP contribution in [0.4, 0.5) is 0 Å². The normalized spacial score (nSPS) is 20.0. The SMILES string of the molecule is CC(O)CS(=O)CC(C)O. The smallest absolute Gasteiger partial charge is 0.0627 e. The summed E-state index contributed by atoms with van der Waals surface area (Å²) >= 11 is 0. The van der Waals surface area contributed by atoms with Gasteiger partial charge in [-0.2, -0.15) is 0 Å². The lowest BCUT2D eigenvalue weighted by atomic mass is 10.5. The van der Waals surface area contributed by atoms with E-state index in [1.807, 2.05) is 0 Å². The Morgan fingerprint density at radius 1 is 1.20 bits per heavy atom. The van der Waals surface area contributed by atoms with Gasteiger partial charge in [0.05, 0.1) is 12.2 Å². The Labute approximate surface area is 63.5 Å². The Morgan fingerprint density at radius 3 is 1.70 bits per heavy atom. The number of aliphatic hydroxyl groups excluding tert-OH is 2. The summed E-state index contributed by atoms with van der Waals surface area (Å²) in [5, 5.41) is 17.5. The van der Waals surface area contributed by atoms with Crippen molar-refractivity contribution < 1.29 is 14.4 Å². The highest BCUT2D eigenvalue weighted by Gasteiger charge is 2.06. The van der Waals surface area contributed by atoms with Crippen molar-refractivity contribution in [1.82, 2.24) is 0 Å². The van der Waals surface area contributed by atoms with Gasteiger partial charge in [-0.05, 0) is 13.8 Å². The molecule has 0 radical (unpaired) electrons. The monoisotopic (exact) mass is 166 g/mol. The topological polar surface area (TPSA) is 57.5 Å². The summed E-state index contributed by atoms with van der Waals surface area (Å²) in [6.07, 6.45) is -1.08. The highest BCUT2D eigenvalue weighted by Crippen LogP contribution is 1.91. The van der Waals surface area contributed by atoms with Crippen LogP contribution in [0.5, 0.6) is 0 Å². The van der Waals surface area contributed by atoms with Gasteiger partial charge in [0, 0.05) is 22.3 Å². The van der Waals surface area contributed by atoms with Crippen LogP contribution in [-0.4, -0.2) is 38.1 Å². The summed E-state index contributed by atoms with van der Waals surface area (Å²) in [5.74, 6) is 0.510. The third-order valence-electron chi connectivity index (χ3n) is 0.854. The molecule has 10 heavy (non-hydrogen) atoms. The minimum atomic E-state index is -1.08. The van der Waals surface area contributed by atoms with Gasteiger partial charge in [-0.3, -0.25) is 4.21 Å². The summed E-state index contributed by atoms with van der Waals surface area (Å²) in [6.45, 7) is 3.17. The number of hydrogen-bond acceptors (Lipinski definition) is 3. The first-order valence-corrected chi connectivity index (χ1v) is 4.72. The van der Waals surface area contributed by atoms with E-state index in [9.17, 15) is 4.21 Å². The predicted molar refractivity (Wildman–Crippen MR) is 41.2 cm³/mol. The van der Waals surface area contributed by atoms with Gasteiger partial charge in [0.15, 0.2) is 0 Å². The van der Waals surface area contributed by atoms with Crippen LogP contribution in [0.1, 0.15) is 13.8 Å². The first kappa shape index (κ1) is 10.1. The van der Waals surface area contributed by atoms with E-state index < -0.39 is 23.0 Å². The van der Waals surface area contributed by atoms with E-state index in [1.165, 1.54) is 0 Å². The zero-order valence-corrected chi connectivity index (χ0v) is 7.10. The lowest BCUT2D eigenvalue weighted by Gasteiger charge is -2.05. The van der Waals surface area contributed by atoms with E-state index in [4.69, 9.17) is 10.2 Å². The largest absolute Gasteiger partial charge is 0.392 e. The first-order chi connectivity index (χ1) is 4.52. The second kappa shape index (κ2) is 4.82. The standard InChI is InChI=1S/C6H14O3S/c1-5(7)3-10(9)4-6(2)8/h5-8H,3-4H2,1-2H3. The molecule has 0 rings (SSSR count). The molecule has 62 valence electrons. The van der Waals surface area contributed by atoms with E-state index in [-0.39, 0.29) is 11.5 Å². The van der Waals surface area contributed by atoms with Gasteiger partial charge in [-0.25, -0.2) is 0 Å². The van der Waals surface area contributed by atoms with Gasteiger partial charge in [0.1, 0.15) is 0 Å². The molecule has 2 unspecified atom stereocenters. The highest BCUT2D eigenvalue weighted by atomic mass is 32.2. The summed E-state index contributed by atoms with van der Waals surface area (Å²) in [7, 11) is -1.08. The fourth-order valence-electron chi connectivity index (χ4n) is 0.606. The molecule has 0 aromatic heterocycles. The van der Waals surface area contributed by atoms with E-state index in [0.717, 1.165) is 0 Å².